The van der Waals surface area contributed by atoms with E-state index >= 15 is 0 Å². The van der Waals surface area contributed by atoms with E-state index in [4.69, 9.17) is 14.5 Å². The smallest absolute Gasteiger partial charge is 0.338 e. The summed E-state index contributed by atoms with van der Waals surface area (Å²) < 4.78 is 10.3. The molecule has 2 aliphatic heterocycles. The number of esters is 1. The lowest BCUT2D eigenvalue weighted by molar-refractivity contribution is -0.384. The van der Waals surface area contributed by atoms with Gasteiger partial charge in [-0.3, -0.25) is 14.9 Å². The predicted octanol–water partition coefficient (Wildman–Crippen LogP) is 5.66. The van der Waals surface area contributed by atoms with E-state index in [1.165, 1.54) is 37.1 Å². The normalized spacial score (nSPS) is 17.2. The molecule has 1 fully saturated rings. The average molecular weight is 697 g/mol. The minimum atomic E-state index is -0.943. The van der Waals surface area contributed by atoms with Crippen LogP contribution in [0.15, 0.2) is 89.1 Å². The summed E-state index contributed by atoms with van der Waals surface area (Å²) in [4.78, 5) is 45.0. The number of non-ortho nitro benzene ring substituents is 1. The van der Waals surface area contributed by atoms with Gasteiger partial charge < -0.3 is 25.0 Å². The molecule has 1 amide bonds. The van der Waals surface area contributed by atoms with Gasteiger partial charge in [-0.25, -0.2) is 9.79 Å². The molecule has 3 aromatic carbocycles. The molecule has 0 aromatic heterocycles. The number of hydrogen-bond acceptors (Lipinski definition) is 11. The van der Waals surface area contributed by atoms with Crippen molar-refractivity contribution in [2.24, 2.45) is 4.99 Å². The summed E-state index contributed by atoms with van der Waals surface area (Å²) >= 11 is 1.42. The first-order chi connectivity index (χ1) is 24.2. The Balaban J connectivity index is 1.29. The van der Waals surface area contributed by atoms with E-state index in [0.717, 1.165) is 49.4 Å². The van der Waals surface area contributed by atoms with Crippen LogP contribution in [-0.4, -0.2) is 67.3 Å². The Labute approximate surface area is 295 Å². The van der Waals surface area contributed by atoms with Gasteiger partial charge in [0.2, 0.25) is 0 Å². The lowest BCUT2D eigenvalue weighted by Gasteiger charge is -2.37. The zero-order chi connectivity index (χ0) is 35.7. The van der Waals surface area contributed by atoms with Crippen LogP contribution in [0.1, 0.15) is 59.3 Å². The van der Waals surface area contributed by atoms with E-state index in [1.807, 2.05) is 54.6 Å². The third kappa shape index (κ3) is 8.33. The lowest BCUT2D eigenvalue weighted by atomic mass is 9.74. The van der Waals surface area contributed by atoms with E-state index in [0.29, 0.717) is 35.1 Å². The number of nitrogens with zero attached hydrogens (tertiary/aromatic N) is 4. The Kier molecular flexibility index (Phi) is 11.9. The van der Waals surface area contributed by atoms with Gasteiger partial charge in [-0.2, -0.15) is 5.26 Å². The largest absolute Gasteiger partial charge is 0.497 e. The molecule has 13 heteroatoms. The van der Waals surface area contributed by atoms with Crippen molar-refractivity contribution in [3.05, 3.63) is 116 Å². The molecular formula is C37H40N6O6S. The lowest BCUT2D eigenvalue weighted by Crippen LogP contribution is -2.42. The number of methoxy groups -OCH3 is 2. The fraction of sp³-hybridized carbons (Fsp3) is 0.351. The summed E-state index contributed by atoms with van der Waals surface area (Å²) in [6, 6.07) is 23.2. The van der Waals surface area contributed by atoms with Gasteiger partial charge in [0.25, 0.3) is 11.6 Å². The van der Waals surface area contributed by atoms with E-state index in [1.54, 1.807) is 14.0 Å². The van der Waals surface area contributed by atoms with Crippen molar-refractivity contribution < 1.29 is 24.0 Å². The molecule has 5 rings (SSSR count). The number of nitriles is 1. The van der Waals surface area contributed by atoms with Crippen LogP contribution in [0.3, 0.4) is 0 Å². The molecule has 0 radical (unpaired) electrons. The molecule has 3 aromatic rings. The molecule has 2 N–H and O–H groups in total. The SMILES string of the molecule is COC(=O)C1=C(C)NC(SCc2ccc(OC)cc2)=NC1c1ccc([N+](=O)[O-])cc1C(=O)NCCCN1CCC(C#N)(c2ccccc2)CC1. The number of hydrogen-bond donors (Lipinski definition) is 2. The maximum Gasteiger partial charge on any atom is 0.338 e. The highest BCUT2D eigenvalue weighted by atomic mass is 32.2. The molecule has 0 saturated carbocycles. The number of carbonyl (C=O) groups excluding carboxylic acids is 2. The summed E-state index contributed by atoms with van der Waals surface area (Å²) in [5.41, 5.74) is 2.45. The van der Waals surface area contributed by atoms with Crippen molar-refractivity contribution in [2.75, 3.05) is 40.4 Å². The monoisotopic (exact) mass is 696 g/mol. The topological polar surface area (TPSA) is 159 Å². The van der Waals surface area contributed by atoms with Gasteiger partial charge in [0.05, 0.1) is 41.8 Å². The number of benzene rings is 3. The number of nitro benzene ring substituents is 1. The minimum Gasteiger partial charge on any atom is -0.497 e. The molecule has 2 heterocycles. The van der Waals surface area contributed by atoms with Crippen molar-refractivity contribution in [1.29, 1.82) is 5.26 Å². The van der Waals surface area contributed by atoms with Gasteiger partial charge in [-0.15, -0.1) is 0 Å². The first-order valence-corrected chi connectivity index (χ1v) is 17.3. The fourth-order valence-corrected chi connectivity index (χ4v) is 7.17. The highest BCUT2D eigenvalue weighted by molar-refractivity contribution is 8.13. The number of rotatable bonds is 12. The van der Waals surface area contributed by atoms with Crippen LogP contribution in [0.5, 0.6) is 5.75 Å². The van der Waals surface area contributed by atoms with Crippen LogP contribution in [-0.2, 0) is 20.7 Å². The molecule has 0 spiro atoms. The molecule has 260 valence electrons. The Morgan fingerprint density at radius 2 is 1.84 bits per heavy atom. The van der Waals surface area contributed by atoms with Crippen LogP contribution in [0, 0.1) is 21.4 Å². The number of ether oxygens (including phenoxy) is 2. The Hall–Kier alpha value is -5.19. The summed E-state index contributed by atoms with van der Waals surface area (Å²) in [6.45, 7) is 4.31. The van der Waals surface area contributed by atoms with Crippen LogP contribution in [0.4, 0.5) is 5.69 Å². The van der Waals surface area contributed by atoms with Crippen molar-refractivity contribution in [2.45, 2.75) is 43.4 Å². The number of thioether (sulfide) groups is 1. The number of amidine groups is 1. The van der Waals surface area contributed by atoms with Crippen molar-refractivity contribution in [1.82, 2.24) is 15.5 Å². The van der Waals surface area contributed by atoms with Crippen LogP contribution >= 0.6 is 11.8 Å². The van der Waals surface area contributed by atoms with Crippen LogP contribution in [0.25, 0.3) is 0 Å². The number of likely N-dealkylation sites (tertiary alicyclic amines) is 1. The molecule has 12 nitrogen and oxygen atoms in total. The molecule has 1 atom stereocenters. The predicted molar refractivity (Wildman–Crippen MR) is 192 cm³/mol. The van der Waals surface area contributed by atoms with Gasteiger partial charge in [0.15, 0.2) is 5.17 Å². The summed E-state index contributed by atoms with van der Waals surface area (Å²) in [7, 11) is 2.87. The third-order valence-corrected chi connectivity index (χ3v) is 10.1. The highest BCUT2D eigenvalue weighted by Crippen LogP contribution is 2.37. The first kappa shape index (κ1) is 36.1. The second kappa shape index (κ2) is 16.5. The summed E-state index contributed by atoms with van der Waals surface area (Å²) in [6.07, 6.45) is 2.10. The molecule has 0 aliphatic carbocycles. The first-order valence-electron chi connectivity index (χ1n) is 16.3. The number of allylic oxidation sites excluding steroid dienone is 1. The summed E-state index contributed by atoms with van der Waals surface area (Å²) in [5, 5.41) is 28.4. The van der Waals surface area contributed by atoms with Gasteiger partial charge in [-0.05, 0) is 80.7 Å². The second-order valence-electron chi connectivity index (χ2n) is 12.2. The average Bonchev–Trinajstić information content (AvgIpc) is 3.15. The Bertz CT molecular complexity index is 1810. The Morgan fingerprint density at radius 1 is 1.12 bits per heavy atom. The second-order valence-corrected chi connectivity index (χ2v) is 13.1. The quantitative estimate of drug-likeness (QED) is 0.105. The minimum absolute atomic E-state index is 0.0585. The zero-order valence-electron chi connectivity index (χ0n) is 28.3. The number of carbonyl (C=O) groups is 2. The van der Waals surface area contributed by atoms with E-state index in [2.05, 4.69) is 21.6 Å². The van der Waals surface area contributed by atoms with E-state index in [9.17, 15) is 25.0 Å². The standard InChI is InChI=1S/C37H40N6O6S/c1-25-32(35(45)49-3)33(41-36(40-25)50-23-26-10-13-29(48-2)14-11-26)30-15-12-28(43(46)47)22-31(30)34(44)39-18-7-19-42-20-16-37(24-38,17-21-42)27-8-5-4-6-9-27/h4-6,8-15,22,33H,7,16-21,23H2,1-3H3,(H,39,44)(H,40,41). The van der Waals surface area contributed by atoms with E-state index < -0.39 is 28.3 Å². The highest BCUT2D eigenvalue weighted by Gasteiger charge is 2.36. The van der Waals surface area contributed by atoms with Gasteiger partial charge in [0, 0.05) is 30.1 Å². The maximum absolute atomic E-state index is 13.7. The molecule has 2 aliphatic rings. The van der Waals surface area contributed by atoms with Crippen LogP contribution in [0.2, 0.25) is 0 Å². The maximum atomic E-state index is 13.7. The van der Waals surface area contributed by atoms with Gasteiger partial charge in [-0.1, -0.05) is 54.2 Å². The van der Waals surface area contributed by atoms with Gasteiger partial charge in [0.1, 0.15) is 11.8 Å². The number of nitrogens with one attached hydrogen (secondary N) is 2. The van der Waals surface area contributed by atoms with Crippen molar-refractivity contribution in [3.63, 3.8) is 0 Å². The van der Waals surface area contributed by atoms with E-state index in [-0.39, 0.29) is 16.8 Å². The molecule has 50 heavy (non-hydrogen) atoms. The molecule has 1 saturated heterocycles. The molecule has 1 unspecified atom stereocenters. The fourth-order valence-electron chi connectivity index (χ4n) is 6.27. The zero-order valence-corrected chi connectivity index (χ0v) is 29.1. The number of amides is 1. The number of piperidine rings is 1. The van der Waals surface area contributed by atoms with Crippen LogP contribution < -0.4 is 15.4 Å². The Morgan fingerprint density at radius 3 is 2.48 bits per heavy atom. The number of aliphatic imine (C=N–C) groups is 1. The summed E-state index contributed by atoms with van der Waals surface area (Å²) in [5.74, 6) is 0.187. The number of nitro groups is 1. The molecule has 0 bridgehead atoms. The van der Waals surface area contributed by atoms with Crippen molar-refractivity contribution in [3.8, 4) is 11.8 Å². The third-order valence-electron chi connectivity index (χ3n) is 9.13. The van der Waals surface area contributed by atoms with Gasteiger partial charge >= 0.3 is 5.97 Å². The van der Waals surface area contributed by atoms with Crippen molar-refractivity contribution >= 4 is 34.5 Å². The molecular weight excluding hydrogens is 657 g/mol.